The summed E-state index contributed by atoms with van der Waals surface area (Å²) < 4.78 is 0. The second-order valence-corrected chi connectivity index (χ2v) is 5.08. The molecule has 0 unspecified atom stereocenters. The Bertz CT molecular complexity index is 365. The summed E-state index contributed by atoms with van der Waals surface area (Å²) in [5.74, 6) is 0.195. The molecule has 0 aromatic heterocycles. The highest BCUT2D eigenvalue weighted by atomic mass is 16.1. The summed E-state index contributed by atoms with van der Waals surface area (Å²) in [6.45, 7) is 10.1. The number of benzene rings is 1. The molecule has 0 spiro atoms. The quantitative estimate of drug-likeness (QED) is 0.546. The first-order chi connectivity index (χ1) is 7.45. The first-order valence-corrected chi connectivity index (χ1v) is 5.70. The van der Waals surface area contributed by atoms with E-state index in [4.69, 9.17) is 0 Å². The van der Waals surface area contributed by atoms with Crippen LogP contribution >= 0.6 is 0 Å². The van der Waals surface area contributed by atoms with Crippen molar-refractivity contribution in [2.75, 3.05) is 0 Å². The zero-order chi connectivity index (χ0) is 12.2. The predicted octanol–water partition coefficient (Wildman–Crippen LogP) is 4.13. The lowest BCUT2D eigenvalue weighted by molar-refractivity contribution is 0.0983. The Morgan fingerprint density at radius 3 is 2.25 bits per heavy atom. The van der Waals surface area contributed by atoms with E-state index in [0.717, 1.165) is 12.0 Å². The van der Waals surface area contributed by atoms with Gasteiger partial charge in [0, 0.05) is 12.0 Å². The Labute approximate surface area is 98.2 Å². The molecule has 0 aliphatic carbocycles. The van der Waals surface area contributed by atoms with Gasteiger partial charge in [0.05, 0.1) is 0 Å². The molecule has 0 aliphatic rings. The topological polar surface area (TPSA) is 17.1 Å². The van der Waals surface area contributed by atoms with Crippen LogP contribution in [0.4, 0.5) is 0 Å². The Hall–Kier alpha value is -1.37. The van der Waals surface area contributed by atoms with Crippen LogP contribution < -0.4 is 0 Å². The van der Waals surface area contributed by atoms with Crippen LogP contribution in [0.1, 0.15) is 49.5 Å². The first-order valence-electron chi connectivity index (χ1n) is 5.70. The van der Waals surface area contributed by atoms with Crippen LogP contribution in [0, 0.1) is 0 Å². The van der Waals surface area contributed by atoms with Crippen molar-refractivity contribution in [1.29, 1.82) is 0 Å². The van der Waals surface area contributed by atoms with E-state index in [-0.39, 0.29) is 11.2 Å². The zero-order valence-corrected chi connectivity index (χ0v) is 10.4. The highest BCUT2D eigenvalue weighted by Gasteiger charge is 2.13. The molecule has 1 heteroatoms. The van der Waals surface area contributed by atoms with E-state index in [2.05, 4.69) is 27.4 Å². The molecule has 0 atom stereocenters. The molecule has 86 valence electrons. The van der Waals surface area contributed by atoms with E-state index in [0.29, 0.717) is 6.42 Å². The first kappa shape index (κ1) is 12.7. The maximum absolute atomic E-state index is 11.7. The molecule has 1 rings (SSSR count). The van der Waals surface area contributed by atoms with Crippen LogP contribution in [0.15, 0.2) is 36.9 Å². The van der Waals surface area contributed by atoms with E-state index in [1.54, 1.807) is 6.08 Å². The van der Waals surface area contributed by atoms with E-state index in [1.165, 1.54) is 5.56 Å². The maximum atomic E-state index is 11.7. The van der Waals surface area contributed by atoms with Gasteiger partial charge in [0.25, 0.3) is 0 Å². The third-order valence-electron chi connectivity index (χ3n) is 2.65. The third-order valence-corrected chi connectivity index (χ3v) is 2.65. The summed E-state index contributed by atoms with van der Waals surface area (Å²) in [6, 6.07) is 7.93. The van der Waals surface area contributed by atoms with Crippen LogP contribution in [-0.2, 0) is 5.41 Å². The van der Waals surface area contributed by atoms with Crippen LogP contribution in [0.25, 0.3) is 0 Å². The molecule has 0 heterocycles. The van der Waals surface area contributed by atoms with Gasteiger partial charge >= 0.3 is 0 Å². The van der Waals surface area contributed by atoms with Crippen molar-refractivity contribution >= 4 is 5.78 Å². The third kappa shape index (κ3) is 3.34. The number of allylic oxidation sites excluding steroid dienone is 1. The molecule has 0 fully saturated rings. The minimum Gasteiger partial charge on any atom is -0.294 e. The average molecular weight is 216 g/mol. The second-order valence-electron chi connectivity index (χ2n) is 5.08. The lowest BCUT2D eigenvalue weighted by Gasteiger charge is -2.18. The van der Waals surface area contributed by atoms with Gasteiger partial charge in [0.1, 0.15) is 0 Å². The summed E-state index contributed by atoms with van der Waals surface area (Å²) in [4.78, 5) is 11.7. The van der Waals surface area contributed by atoms with Crippen molar-refractivity contribution in [3.63, 3.8) is 0 Å². The Morgan fingerprint density at radius 1 is 1.25 bits per heavy atom. The minimum atomic E-state index is 0.142. The Balaban J connectivity index is 2.79. The summed E-state index contributed by atoms with van der Waals surface area (Å²) in [5.41, 5.74) is 2.20. The maximum Gasteiger partial charge on any atom is 0.163 e. The SMILES string of the molecule is C=CCCC(=O)c1ccc(C(C)(C)C)cc1. The van der Waals surface area contributed by atoms with Crippen LogP contribution in [-0.4, -0.2) is 5.78 Å². The second kappa shape index (κ2) is 5.11. The molecule has 16 heavy (non-hydrogen) atoms. The van der Waals surface area contributed by atoms with Gasteiger partial charge in [-0.3, -0.25) is 4.79 Å². The van der Waals surface area contributed by atoms with Gasteiger partial charge in [-0.15, -0.1) is 6.58 Å². The van der Waals surface area contributed by atoms with E-state index < -0.39 is 0 Å². The molecule has 1 nitrogen and oxygen atoms in total. The Kier molecular flexibility index (Phi) is 4.05. The van der Waals surface area contributed by atoms with Gasteiger partial charge in [-0.2, -0.15) is 0 Å². The number of rotatable bonds is 4. The lowest BCUT2D eigenvalue weighted by atomic mass is 9.86. The number of hydrogen-bond acceptors (Lipinski definition) is 1. The van der Waals surface area contributed by atoms with Gasteiger partial charge in [-0.1, -0.05) is 51.1 Å². The number of carbonyl (C=O) groups excluding carboxylic acids is 1. The molecule has 0 N–H and O–H groups in total. The van der Waals surface area contributed by atoms with Gasteiger partial charge in [-0.25, -0.2) is 0 Å². The molecule has 0 saturated heterocycles. The van der Waals surface area contributed by atoms with Crippen molar-refractivity contribution in [3.05, 3.63) is 48.0 Å². The largest absolute Gasteiger partial charge is 0.294 e. The normalized spacial score (nSPS) is 11.2. The summed E-state index contributed by atoms with van der Waals surface area (Å²) >= 11 is 0. The lowest BCUT2D eigenvalue weighted by Crippen LogP contribution is -2.11. The van der Waals surface area contributed by atoms with E-state index >= 15 is 0 Å². The number of ketones is 1. The molecule has 0 bridgehead atoms. The molecular weight excluding hydrogens is 196 g/mol. The zero-order valence-electron chi connectivity index (χ0n) is 10.4. The molecule has 0 aliphatic heterocycles. The van der Waals surface area contributed by atoms with Gasteiger partial charge in [-0.05, 0) is 17.4 Å². The minimum absolute atomic E-state index is 0.142. The molecule has 1 aromatic rings. The van der Waals surface area contributed by atoms with Crippen molar-refractivity contribution in [3.8, 4) is 0 Å². The van der Waals surface area contributed by atoms with Crippen molar-refractivity contribution < 1.29 is 4.79 Å². The summed E-state index contributed by atoms with van der Waals surface area (Å²) in [6.07, 6.45) is 3.08. The van der Waals surface area contributed by atoms with Crippen LogP contribution in [0.2, 0.25) is 0 Å². The van der Waals surface area contributed by atoms with E-state index in [9.17, 15) is 4.79 Å². The fourth-order valence-electron chi connectivity index (χ4n) is 1.53. The molecule has 0 radical (unpaired) electrons. The number of Topliss-reactive ketones (excluding diaryl/α,β-unsaturated/α-hetero) is 1. The number of hydrogen-bond donors (Lipinski definition) is 0. The predicted molar refractivity (Wildman–Crippen MR) is 68.9 cm³/mol. The molecule has 0 amide bonds. The highest BCUT2D eigenvalue weighted by molar-refractivity contribution is 5.96. The van der Waals surface area contributed by atoms with Crippen molar-refractivity contribution in [1.82, 2.24) is 0 Å². The molecule has 1 aromatic carbocycles. The Morgan fingerprint density at radius 2 is 1.81 bits per heavy atom. The molecular formula is C15H20O. The van der Waals surface area contributed by atoms with Crippen LogP contribution in [0.5, 0.6) is 0 Å². The molecule has 0 saturated carbocycles. The van der Waals surface area contributed by atoms with Gasteiger partial charge in [0.15, 0.2) is 5.78 Å². The number of carbonyl (C=O) groups is 1. The smallest absolute Gasteiger partial charge is 0.163 e. The fraction of sp³-hybridized carbons (Fsp3) is 0.400. The van der Waals surface area contributed by atoms with Crippen molar-refractivity contribution in [2.45, 2.75) is 39.0 Å². The van der Waals surface area contributed by atoms with Crippen molar-refractivity contribution in [2.24, 2.45) is 0 Å². The standard InChI is InChI=1S/C15H20O/c1-5-6-7-14(16)12-8-10-13(11-9-12)15(2,3)4/h5,8-11H,1,6-7H2,2-4H3. The monoisotopic (exact) mass is 216 g/mol. The summed E-state index contributed by atoms with van der Waals surface area (Å²) in [7, 11) is 0. The van der Waals surface area contributed by atoms with Gasteiger partial charge in [0.2, 0.25) is 0 Å². The average Bonchev–Trinajstić information content (AvgIpc) is 2.25. The fourth-order valence-corrected chi connectivity index (χ4v) is 1.53. The highest BCUT2D eigenvalue weighted by Crippen LogP contribution is 2.22. The summed E-state index contributed by atoms with van der Waals surface area (Å²) in [5, 5.41) is 0. The van der Waals surface area contributed by atoms with Gasteiger partial charge < -0.3 is 0 Å². The van der Waals surface area contributed by atoms with Crippen LogP contribution in [0.3, 0.4) is 0 Å². The van der Waals surface area contributed by atoms with E-state index in [1.807, 2.05) is 24.3 Å².